The lowest BCUT2D eigenvalue weighted by Gasteiger charge is -2.17. The van der Waals surface area contributed by atoms with Crippen LogP contribution in [0, 0.1) is 5.92 Å². The van der Waals surface area contributed by atoms with Crippen molar-refractivity contribution in [1.82, 2.24) is 5.32 Å². The molecule has 0 bridgehead atoms. The van der Waals surface area contributed by atoms with Gasteiger partial charge in [-0.05, 0) is 43.5 Å². The van der Waals surface area contributed by atoms with Crippen molar-refractivity contribution in [3.8, 4) is 0 Å². The smallest absolute Gasteiger partial charge is 0.0207 e. The number of rotatable bonds is 7. The summed E-state index contributed by atoms with van der Waals surface area (Å²) in [6, 6.07) is 8.55. The Labute approximate surface area is 108 Å². The lowest BCUT2D eigenvalue weighted by Crippen LogP contribution is -2.24. The maximum absolute atomic E-state index is 3.62. The SMILES string of the molecule is CCCC(CNCC)Cc1ccccc1Br. The molecule has 0 fully saturated rings. The van der Waals surface area contributed by atoms with E-state index in [-0.39, 0.29) is 0 Å². The zero-order valence-corrected chi connectivity index (χ0v) is 11.9. The summed E-state index contributed by atoms with van der Waals surface area (Å²) in [5, 5.41) is 3.46. The van der Waals surface area contributed by atoms with Crippen molar-refractivity contribution in [2.24, 2.45) is 5.92 Å². The average molecular weight is 284 g/mol. The van der Waals surface area contributed by atoms with Crippen LogP contribution in [0.15, 0.2) is 28.7 Å². The van der Waals surface area contributed by atoms with Crippen molar-refractivity contribution in [3.05, 3.63) is 34.3 Å². The van der Waals surface area contributed by atoms with Gasteiger partial charge < -0.3 is 5.32 Å². The molecule has 1 rings (SSSR count). The second-order valence-corrected chi connectivity index (χ2v) is 5.11. The van der Waals surface area contributed by atoms with E-state index in [2.05, 4.69) is 59.4 Å². The summed E-state index contributed by atoms with van der Waals surface area (Å²) in [6.07, 6.45) is 3.73. The summed E-state index contributed by atoms with van der Waals surface area (Å²) in [5.74, 6) is 0.753. The molecular formula is C14H22BrN. The first-order chi connectivity index (χ1) is 7.77. The van der Waals surface area contributed by atoms with Gasteiger partial charge in [0.05, 0.1) is 0 Å². The molecule has 1 aromatic rings. The number of benzene rings is 1. The van der Waals surface area contributed by atoms with Gasteiger partial charge in [-0.3, -0.25) is 0 Å². The zero-order valence-electron chi connectivity index (χ0n) is 10.3. The molecule has 1 N–H and O–H groups in total. The van der Waals surface area contributed by atoms with E-state index in [1.165, 1.54) is 29.3 Å². The third kappa shape index (κ3) is 4.67. The largest absolute Gasteiger partial charge is 0.317 e. The van der Waals surface area contributed by atoms with Crippen LogP contribution in [0.25, 0.3) is 0 Å². The van der Waals surface area contributed by atoms with Gasteiger partial charge in [0.2, 0.25) is 0 Å². The van der Waals surface area contributed by atoms with E-state index < -0.39 is 0 Å². The quantitative estimate of drug-likeness (QED) is 0.797. The van der Waals surface area contributed by atoms with Gasteiger partial charge in [0.25, 0.3) is 0 Å². The van der Waals surface area contributed by atoms with Gasteiger partial charge >= 0.3 is 0 Å². The van der Waals surface area contributed by atoms with Crippen molar-refractivity contribution in [3.63, 3.8) is 0 Å². The third-order valence-electron chi connectivity index (χ3n) is 2.85. The lowest BCUT2D eigenvalue weighted by molar-refractivity contribution is 0.444. The summed E-state index contributed by atoms with van der Waals surface area (Å²) in [6.45, 7) is 6.63. The molecule has 1 nitrogen and oxygen atoms in total. The number of halogens is 1. The molecule has 0 aromatic heterocycles. The molecule has 1 atom stereocenters. The van der Waals surface area contributed by atoms with Crippen LogP contribution in [0.3, 0.4) is 0 Å². The van der Waals surface area contributed by atoms with Crippen LogP contribution < -0.4 is 5.32 Å². The molecule has 1 unspecified atom stereocenters. The Morgan fingerprint density at radius 3 is 2.62 bits per heavy atom. The highest BCUT2D eigenvalue weighted by molar-refractivity contribution is 9.10. The van der Waals surface area contributed by atoms with Crippen LogP contribution in [0.5, 0.6) is 0 Å². The highest BCUT2D eigenvalue weighted by atomic mass is 79.9. The highest BCUT2D eigenvalue weighted by Crippen LogP contribution is 2.21. The number of hydrogen-bond acceptors (Lipinski definition) is 1. The Morgan fingerprint density at radius 1 is 1.25 bits per heavy atom. The van der Waals surface area contributed by atoms with Crippen LogP contribution >= 0.6 is 15.9 Å². The molecule has 1 aromatic carbocycles. The van der Waals surface area contributed by atoms with Crippen molar-refractivity contribution < 1.29 is 0 Å². The van der Waals surface area contributed by atoms with Gasteiger partial charge in [0.15, 0.2) is 0 Å². The minimum absolute atomic E-state index is 0.753. The molecule has 16 heavy (non-hydrogen) atoms. The van der Waals surface area contributed by atoms with E-state index in [1.807, 2.05) is 0 Å². The topological polar surface area (TPSA) is 12.0 Å². The van der Waals surface area contributed by atoms with Crippen LogP contribution in [-0.4, -0.2) is 13.1 Å². The van der Waals surface area contributed by atoms with E-state index in [9.17, 15) is 0 Å². The molecular weight excluding hydrogens is 262 g/mol. The van der Waals surface area contributed by atoms with E-state index >= 15 is 0 Å². The number of nitrogens with one attached hydrogen (secondary N) is 1. The van der Waals surface area contributed by atoms with Crippen LogP contribution in [0.4, 0.5) is 0 Å². The zero-order chi connectivity index (χ0) is 11.8. The molecule has 0 amide bonds. The molecule has 90 valence electrons. The van der Waals surface area contributed by atoms with E-state index in [1.54, 1.807) is 0 Å². The van der Waals surface area contributed by atoms with Gasteiger partial charge in [-0.25, -0.2) is 0 Å². The van der Waals surface area contributed by atoms with Crippen molar-refractivity contribution in [2.75, 3.05) is 13.1 Å². The molecule has 0 aliphatic heterocycles. The van der Waals surface area contributed by atoms with Gasteiger partial charge in [0, 0.05) is 4.47 Å². The summed E-state index contributed by atoms with van der Waals surface area (Å²) >= 11 is 3.62. The maximum Gasteiger partial charge on any atom is 0.0207 e. The second-order valence-electron chi connectivity index (χ2n) is 4.26. The molecule has 0 aliphatic carbocycles. The summed E-state index contributed by atoms with van der Waals surface area (Å²) < 4.78 is 1.24. The first kappa shape index (κ1) is 13.7. The molecule has 0 radical (unpaired) electrons. The van der Waals surface area contributed by atoms with E-state index in [4.69, 9.17) is 0 Å². The van der Waals surface area contributed by atoms with Crippen LogP contribution in [0.2, 0.25) is 0 Å². The molecule has 0 spiro atoms. The predicted octanol–water partition coefficient (Wildman–Crippen LogP) is 4.02. The first-order valence-electron chi connectivity index (χ1n) is 6.22. The van der Waals surface area contributed by atoms with Crippen molar-refractivity contribution >= 4 is 15.9 Å². The molecule has 2 heteroatoms. The van der Waals surface area contributed by atoms with E-state index in [0.29, 0.717) is 0 Å². The fourth-order valence-electron chi connectivity index (χ4n) is 2.01. The minimum Gasteiger partial charge on any atom is -0.317 e. The molecule has 0 saturated heterocycles. The number of hydrogen-bond donors (Lipinski definition) is 1. The maximum atomic E-state index is 3.62. The molecule has 0 saturated carbocycles. The normalized spacial score (nSPS) is 12.7. The molecule has 0 aliphatic rings. The highest BCUT2D eigenvalue weighted by Gasteiger charge is 2.09. The summed E-state index contributed by atoms with van der Waals surface area (Å²) in [5.41, 5.74) is 1.43. The van der Waals surface area contributed by atoms with Gasteiger partial charge in [-0.15, -0.1) is 0 Å². The fourth-order valence-corrected chi connectivity index (χ4v) is 2.45. The fraction of sp³-hybridized carbons (Fsp3) is 0.571. The average Bonchev–Trinajstić information content (AvgIpc) is 2.29. The Balaban J connectivity index is 2.56. The lowest BCUT2D eigenvalue weighted by atomic mass is 9.95. The van der Waals surface area contributed by atoms with Gasteiger partial charge in [-0.1, -0.05) is 54.4 Å². The first-order valence-corrected chi connectivity index (χ1v) is 7.01. The van der Waals surface area contributed by atoms with Crippen molar-refractivity contribution in [2.45, 2.75) is 33.1 Å². The summed E-state index contributed by atoms with van der Waals surface area (Å²) in [7, 11) is 0. The second kappa shape index (κ2) is 7.86. The Morgan fingerprint density at radius 2 is 2.00 bits per heavy atom. The monoisotopic (exact) mass is 283 g/mol. The Bertz CT molecular complexity index is 299. The van der Waals surface area contributed by atoms with Gasteiger partial charge in [-0.2, -0.15) is 0 Å². The van der Waals surface area contributed by atoms with E-state index in [0.717, 1.165) is 19.0 Å². The Kier molecular flexibility index (Phi) is 6.74. The molecule has 0 heterocycles. The van der Waals surface area contributed by atoms with Crippen molar-refractivity contribution in [1.29, 1.82) is 0 Å². The third-order valence-corrected chi connectivity index (χ3v) is 3.62. The standard InChI is InChI=1S/C14H22BrN/c1-3-7-12(11-16-4-2)10-13-8-5-6-9-14(13)15/h5-6,8-9,12,16H,3-4,7,10-11H2,1-2H3. The summed E-state index contributed by atoms with van der Waals surface area (Å²) in [4.78, 5) is 0. The van der Waals surface area contributed by atoms with Crippen LogP contribution in [-0.2, 0) is 6.42 Å². The Hall–Kier alpha value is -0.340. The van der Waals surface area contributed by atoms with Gasteiger partial charge in [0.1, 0.15) is 0 Å². The van der Waals surface area contributed by atoms with Crippen LogP contribution in [0.1, 0.15) is 32.3 Å². The predicted molar refractivity (Wildman–Crippen MR) is 74.8 cm³/mol. The minimum atomic E-state index is 0.753.